The molecule has 0 atom stereocenters. The first-order valence-electron chi connectivity index (χ1n) is 7.73. The number of carboxylic acids is 2. The molecule has 1 rings (SSSR count). The summed E-state index contributed by atoms with van der Waals surface area (Å²) in [7, 11) is 0. The molecule has 0 bridgehead atoms. The molecule has 24 heavy (non-hydrogen) atoms. The van der Waals surface area contributed by atoms with Gasteiger partial charge in [-0.1, -0.05) is 29.9 Å². The van der Waals surface area contributed by atoms with E-state index in [2.05, 4.69) is 39.5 Å². The minimum Gasteiger partial charge on any atom is -0.475 e. The normalized spacial score (nSPS) is 14.9. The average molecular weight is 336 g/mol. The standard InChI is InChI=1S/C18H24O6/c1-11(2)7-5-8-12(3)9-6-10-13(4)18-23-14(16(19)20)15(24-18)17(21)22/h7,9,18H,4-6,8,10H2,1-3H3,(H,19,20)(H,21,22). The maximum absolute atomic E-state index is 11.0. The summed E-state index contributed by atoms with van der Waals surface area (Å²) in [6, 6.07) is 0. The highest BCUT2D eigenvalue weighted by Crippen LogP contribution is 2.28. The van der Waals surface area contributed by atoms with E-state index in [-0.39, 0.29) is 0 Å². The maximum atomic E-state index is 11.0. The summed E-state index contributed by atoms with van der Waals surface area (Å²) >= 11 is 0. The fourth-order valence-corrected chi connectivity index (χ4v) is 2.12. The second-order valence-corrected chi connectivity index (χ2v) is 5.90. The molecule has 1 aliphatic rings. The predicted molar refractivity (Wildman–Crippen MR) is 89.1 cm³/mol. The van der Waals surface area contributed by atoms with Gasteiger partial charge in [0.1, 0.15) is 0 Å². The van der Waals surface area contributed by atoms with Crippen LogP contribution in [-0.2, 0) is 19.1 Å². The van der Waals surface area contributed by atoms with Crippen molar-refractivity contribution >= 4 is 11.9 Å². The van der Waals surface area contributed by atoms with Crippen LogP contribution < -0.4 is 0 Å². The van der Waals surface area contributed by atoms with E-state index >= 15 is 0 Å². The Bertz CT molecular complexity index is 579. The van der Waals surface area contributed by atoms with Crippen LogP contribution in [-0.4, -0.2) is 28.4 Å². The fraction of sp³-hybridized carbons (Fsp3) is 0.444. The molecule has 0 spiro atoms. The zero-order valence-corrected chi connectivity index (χ0v) is 14.3. The van der Waals surface area contributed by atoms with Crippen LogP contribution in [0.25, 0.3) is 0 Å². The van der Waals surface area contributed by atoms with E-state index < -0.39 is 29.7 Å². The number of aliphatic carboxylic acids is 2. The van der Waals surface area contributed by atoms with Gasteiger partial charge in [0.05, 0.1) is 0 Å². The van der Waals surface area contributed by atoms with Gasteiger partial charge in [-0.2, -0.15) is 0 Å². The Morgan fingerprint density at radius 3 is 1.96 bits per heavy atom. The lowest BCUT2D eigenvalue weighted by molar-refractivity contribution is -0.138. The van der Waals surface area contributed by atoms with E-state index in [1.807, 2.05) is 0 Å². The van der Waals surface area contributed by atoms with Gasteiger partial charge < -0.3 is 19.7 Å². The zero-order valence-electron chi connectivity index (χ0n) is 14.3. The molecule has 0 radical (unpaired) electrons. The van der Waals surface area contributed by atoms with Crippen LogP contribution in [0.1, 0.15) is 46.5 Å². The first-order valence-corrected chi connectivity index (χ1v) is 7.73. The van der Waals surface area contributed by atoms with Gasteiger partial charge in [-0.3, -0.25) is 0 Å². The van der Waals surface area contributed by atoms with Gasteiger partial charge >= 0.3 is 11.9 Å². The highest BCUT2D eigenvalue weighted by molar-refractivity contribution is 5.96. The maximum Gasteiger partial charge on any atom is 0.375 e. The van der Waals surface area contributed by atoms with Crippen LogP contribution in [0, 0.1) is 0 Å². The van der Waals surface area contributed by atoms with Crippen molar-refractivity contribution in [3.63, 3.8) is 0 Å². The number of hydrogen-bond acceptors (Lipinski definition) is 4. The van der Waals surface area contributed by atoms with E-state index in [1.54, 1.807) is 0 Å². The van der Waals surface area contributed by atoms with Gasteiger partial charge in [-0.05, 0) is 46.5 Å². The third kappa shape index (κ3) is 5.95. The molecule has 1 aliphatic heterocycles. The van der Waals surface area contributed by atoms with E-state index in [4.69, 9.17) is 19.7 Å². The zero-order chi connectivity index (χ0) is 18.3. The molecular formula is C18H24O6. The van der Waals surface area contributed by atoms with E-state index in [1.165, 1.54) is 11.1 Å². The number of carboxylic acid groups (broad SMARTS) is 2. The van der Waals surface area contributed by atoms with Crippen molar-refractivity contribution in [3.8, 4) is 0 Å². The Morgan fingerprint density at radius 1 is 1.00 bits per heavy atom. The van der Waals surface area contributed by atoms with Crippen molar-refractivity contribution in [3.05, 3.63) is 47.0 Å². The van der Waals surface area contributed by atoms with Crippen LogP contribution >= 0.6 is 0 Å². The van der Waals surface area contributed by atoms with Crippen LogP contribution in [0.15, 0.2) is 47.0 Å². The van der Waals surface area contributed by atoms with Crippen molar-refractivity contribution < 1.29 is 29.3 Å². The Hall–Kier alpha value is -2.50. The van der Waals surface area contributed by atoms with Gasteiger partial charge in [-0.15, -0.1) is 0 Å². The first-order chi connectivity index (χ1) is 11.2. The Kier molecular flexibility index (Phi) is 7.30. The summed E-state index contributed by atoms with van der Waals surface area (Å²) in [4.78, 5) is 21.9. The van der Waals surface area contributed by atoms with E-state index in [9.17, 15) is 9.59 Å². The van der Waals surface area contributed by atoms with Crippen LogP contribution in [0.3, 0.4) is 0 Å². The molecule has 0 fully saturated rings. The molecule has 132 valence electrons. The highest BCUT2D eigenvalue weighted by Gasteiger charge is 2.37. The van der Waals surface area contributed by atoms with Crippen molar-refractivity contribution in [2.24, 2.45) is 0 Å². The molecule has 6 nitrogen and oxygen atoms in total. The average Bonchev–Trinajstić information content (AvgIpc) is 2.92. The van der Waals surface area contributed by atoms with Crippen LogP contribution in [0.2, 0.25) is 0 Å². The monoisotopic (exact) mass is 336 g/mol. The molecule has 0 aromatic carbocycles. The Labute approximate surface area is 141 Å². The van der Waals surface area contributed by atoms with E-state index in [0.29, 0.717) is 18.4 Å². The summed E-state index contributed by atoms with van der Waals surface area (Å²) in [6.45, 7) is 9.99. The molecule has 0 aromatic rings. The van der Waals surface area contributed by atoms with Gasteiger partial charge in [0.25, 0.3) is 17.8 Å². The number of ether oxygens (including phenoxy) is 2. The Morgan fingerprint density at radius 2 is 1.50 bits per heavy atom. The molecule has 0 saturated heterocycles. The molecule has 1 heterocycles. The number of rotatable bonds is 9. The minimum absolute atomic E-state index is 0.498. The summed E-state index contributed by atoms with van der Waals surface area (Å²) < 4.78 is 10.1. The summed E-state index contributed by atoms with van der Waals surface area (Å²) in [5.74, 6) is -4.33. The lowest BCUT2D eigenvalue weighted by Gasteiger charge is -2.13. The second kappa shape index (κ2) is 8.96. The molecule has 0 saturated carbocycles. The fourth-order valence-electron chi connectivity index (χ4n) is 2.12. The van der Waals surface area contributed by atoms with Gasteiger partial charge in [0.2, 0.25) is 0 Å². The topological polar surface area (TPSA) is 93.1 Å². The van der Waals surface area contributed by atoms with Crippen LogP contribution in [0.4, 0.5) is 0 Å². The molecule has 6 heteroatoms. The largest absolute Gasteiger partial charge is 0.475 e. The van der Waals surface area contributed by atoms with Gasteiger partial charge in [-0.25, -0.2) is 9.59 Å². The predicted octanol–water partition coefficient (Wildman–Crippen LogP) is 3.77. The third-order valence-corrected chi connectivity index (χ3v) is 3.43. The molecule has 0 aliphatic carbocycles. The lowest BCUT2D eigenvalue weighted by Crippen LogP contribution is -2.14. The second-order valence-electron chi connectivity index (χ2n) is 5.90. The van der Waals surface area contributed by atoms with Crippen molar-refractivity contribution in [1.82, 2.24) is 0 Å². The number of allylic oxidation sites excluding steroid dienone is 4. The smallest absolute Gasteiger partial charge is 0.375 e. The number of hydrogen-bond donors (Lipinski definition) is 2. The first kappa shape index (κ1) is 19.5. The Balaban J connectivity index is 2.49. The molecule has 0 aromatic heterocycles. The molecule has 0 amide bonds. The SMILES string of the molecule is C=C(CCC=C(C)CCC=C(C)C)C1OC(C(=O)O)=C(C(=O)O)O1. The van der Waals surface area contributed by atoms with Crippen LogP contribution in [0.5, 0.6) is 0 Å². The molecule has 0 unspecified atom stereocenters. The minimum atomic E-state index is -1.47. The quantitative estimate of drug-likeness (QED) is 0.623. The highest BCUT2D eigenvalue weighted by atomic mass is 16.7. The van der Waals surface area contributed by atoms with Crippen molar-refractivity contribution in [1.29, 1.82) is 0 Å². The summed E-state index contributed by atoms with van der Waals surface area (Å²) in [5.41, 5.74) is 3.05. The van der Waals surface area contributed by atoms with Gasteiger partial charge in [0, 0.05) is 5.57 Å². The lowest BCUT2D eigenvalue weighted by atomic mass is 10.1. The van der Waals surface area contributed by atoms with Gasteiger partial charge in [0.15, 0.2) is 0 Å². The van der Waals surface area contributed by atoms with Crippen molar-refractivity contribution in [2.45, 2.75) is 52.7 Å². The van der Waals surface area contributed by atoms with Crippen molar-refractivity contribution in [2.75, 3.05) is 0 Å². The van der Waals surface area contributed by atoms with E-state index in [0.717, 1.165) is 12.8 Å². The summed E-state index contributed by atoms with van der Waals surface area (Å²) in [6.07, 6.45) is 6.39. The molecular weight excluding hydrogens is 312 g/mol. The summed E-state index contributed by atoms with van der Waals surface area (Å²) in [5, 5.41) is 17.9. The third-order valence-electron chi connectivity index (χ3n) is 3.43. The number of carbonyl (C=O) groups is 2. The molecule has 2 N–H and O–H groups in total.